The van der Waals surface area contributed by atoms with E-state index in [4.69, 9.17) is 23.2 Å². The third-order valence-electron chi connectivity index (χ3n) is 2.20. The first-order valence-corrected chi connectivity index (χ1v) is 8.03. The molecule has 1 rings (SSSR count). The van der Waals surface area contributed by atoms with Gasteiger partial charge in [-0.3, -0.25) is 0 Å². The van der Waals surface area contributed by atoms with Gasteiger partial charge in [-0.2, -0.15) is 4.31 Å². The van der Waals surface area contributed by atoms with Crippen LogP contribution in [-0.2, 0) is 10.0 Å². The van der Waals surface area contributed by atoms with E-state index in [1.165, 1.54) is 19.2 Å². The number of alkyl halides is 1. The highest BCUT2D eigenvalue weighted by molar-refractivity contribution is 9.09. The van der Waals surface area contributed by atoms with Gasteiger partial charge in [0.25, 0.3) is 0 Å². The minimum atomic E-state index is -3.83. The van der Waals surface area contributed by atoms with Crippen LogP contribution >= 0.6 is 39.1 Å². The highest BCUT2D eigenvalue weighted by atomic mass is 79.9. The Kier molecular flexibility index (Phi) is 5.44. The van der Waals surface area contributed by atoms with Crippen molar-refractivity contribution in [3.63, 3.8) is 0 Å². The molecule has 8 heteroatoms. The van der Waals surface area contributed by atoms with Crippen LogP contribution in [0.15, 0.2) is 17.0 Å². The third kappa shape index (κ3) is 3.36. The van der Waals surface area contributed by atoms with E-state index in [1.807, 2.05) is 0 Å². The minimum Gasteiger partial charge on any atom is -0.207 e. The van der Waals surface area contributed by atoms with Crippen LogP contribution in [0.3, 0.4) is 0 Å². The first kappa shape index (κ1) is 16.2. The molecule has 0 saturated carbocycles. The predicted octanol–water partition coefficient (Wildman–Crippen LogP) is 3.54. The van der Waals surface area contributed by atoms with Crippen molar-refractivity contribution >= 4 is 49.2 Å². The summed E-state index contributed by atoms with van der Waals surface area (Å²) in [6.07, 6.45) is 0. The molecule has 0 spiro atoms. The standard InChI is InChI=1S/C10H11BrCl2FNO2S/c1-6(11)5-15(2)18(16,17)8-4-3-7(12)10(14)9(8)13/h3-4,6H,5H2,1-2H3. The van der Waals surface area contributed by atoms with E-state index in [2.05, 4.69) is 15.9 Å². The molecule has 0 heterocycles. The molecule has 0 aromatic heterocycles. The SMILES string of the molecule is CC(Br)CN(C)S(=O)(=O)c1ccc(Cl)c(F)c1Cl. The molecule has 0 amide bonds. The maximum Gasteiger partial charge on any atom is 0.244 e. The lowest BCUT2D eigenvalue weighted by atomic mass is 10.3. The van der Waals surface area contributed by atoms with Crippen LogP contribution in [0.25, 0.3) is 0 Å². The zero-order valence-electron chi connectivity index (χ0n) is 9.62. The highest BCUT2D eigenvalue weighted by Gasteiger charge is 2.26. The lowest BCUT2D eigenvalue weighted by Crippen LogP contribution is -2.31. The lowest BCUT2D eigenvalue weighted by molar-refractivity contribution is 0.473. The molecule has 0 saturated heterocycles. The molecule has 1 aromatic carbocycles. The molecule has 1 unspecified atom stereocenters. The number of hydrogen-bond acceptors (Lipinski definition) is 2. The van der Waals surface area contributed by atoms with Gasteiger partial charge in [0.05, 0.1) is 10.0 Å². The zero-order chi connectivity index (χ0) is 14.1. The van der Waals surface area contributed by atoms with Gasteiger partial charge in [-0.25, -0.2) is 12.8 Å². The quantitative estimate of drug-likeness (QED) is 0.593. The van der Waals surface area contributed by atoms with Crippen molar-refractivity contribution in [3.05, 3.63) is 28.0 Å². The van der Waals surface area contributed by atoms with Gasteiger partial charge < -0.3 is 0 Å². The Bertz CT molecular complexity index is 551. The van der Waals surface area contributed by atoms with Gasteiger partial charge >= 0.3 is 0 Å². The summed E-state index contributed by atoms with van der Waals surface area (Å²) < 4.78 is 38.9. The summed E-state index contributed by atoms with van der Waals surface area (Å²) in [7, 11) is -2.43. The van der Waals surface area contributed by atoms with E-state index >= 15 is 0 Å². The number of sulfonamides is 1. The number of rotatable bonds is 4. The van der Waals surface area contributed by atoms with Crippen molar-refractivity contribution in [3.8, 4) is 0 Å². The summed E-state index contributed by atoms with van der Waals surface area (Å²) in [5.41, 5.74) is 0. The lowest BCUT2D eigenvalue weighted by Gasteiger charge is -2.19. The van der Waals surface area contributed by atoms with Crippen molar-refractivity contribution in [1.82, 2.24) is 4.31 Å². The van der Waals surface area contributed by atoms with Gasteiger partial charge in [0.1, 0.15) is 4.90 Å². The molecule has 3 nitrogen and oxygen atoms in total. The zero-order valence-corrected chi connectivity index (χ0v) is 13.5. The molecule has 0 bridgehead atoms. The number of benzene rings is 1. The van der Waals surface area contributed by atoms with E-state index in [9.17, 15) is 12.8 Å². The van der Waals surface area contributed by atoms with Gasteiger partial charge in [-0.05, 0) is 12.1 Å². The monoisotopic (exact) mass is 377 g/mol. The molecule has 0 radical (unpaired) electrons. The van der Waals surface area contributed by atoms with Crippen LogP contribution in [-0.4, -0.2) is 31.1 Å². The molecule has 18 heavy (non-hydrogen) atoms. The average molecular weight is 379 g/mol. The van der Waals surface area contributed by atoms with Gasteiger partial charge in [-0.1, -0.05) is 46.1 Å². The maximum absolute atomic E-state index is 13.5. The smallest absolute Gasteiger partial charge is 0.207 e. The Hall–Kier alpha value is 0.120. The second-order valence-electron chi connectivity index (χ2n) is 3.74. The van der Waals surface area contributed by atoms with E-state index in [-0.39, 0.29) is 21.3 Å². The van der Waals surface area contributed by atoms with E-state index in [1.54, 1.807) is 6.92 Å². The molecule has 0 aliphatic rings. The van der Waals surface area contributed by atoms with Crippen molar-refractivity contribution in [2.24, 2.45) is 0 Å². The van der Waals surface area contributed by atoms with Gasteiger partial charge in [0.2, 0.25) is 10.0 Å². The van der Waals surface area contributed by atoms with Crippen molar-refractivity contribution in [2.45, 2.75) is 16.6 Å². The largest absolute Gasteiger partial charge is 0.244 e. The minimum absolute atomic E-state index is 0.0341. The van der Waals surface area contributed by atoms with E-state index < -0.39 is 20.9 Å². The molecule has 0 fully saturated rings. The summed E-state index contributed by atoms with van der Waals surface area (Å²) in [5, 5.41) is -0.702. The number of halogens is 4. The second kappa shape index (κ2) is 6.05. The molecule has 0 aliphatic heterocycles. The van der Waals surface area contributed by atoms with Crippen molar-refractivity contribution in [1.29, 1.82) is 0 Å². The highest BCUT2D eigenvalue weighted by Crippen LogP contribution is 2.31. The van der Waals surface area contributed by atoms with Crippen LogP contribution in [0, 0.1) is 5.82 Å². The number of hydrogen-bond donors (Lipinski definition) is 0. The molecule has 1 aromatic rings. The van der Waals surface area contributed by atoms with Gasteiger partial charge in [0.15, 0.2) is 5.82 Å². The van der Waals surface area contributed by atoms with Gasteiger partial charge in [0, 0.05) is 18.4 Å². The Balaban J connectivity index is 3.25. The topological polar surface area (TPSA) is 37.4 Å². The Labute approximate surface area is 124 Å². The van der Waals surface area contributed by atoms with Crippen LogP contribution in [0.2, 0.25) is 10.0 Å². The molecular weight excluding hydrogens is 368 g/mol. The second-order valence-corrected chi connectivity index (χ2v) is 8.10. The fraction of sp³-hybridized carbons (Fsp3) is 0.400. The average Bonchev–Trinajstić information content (AvgIpc) is 2.24. The Morgan fingerprint density at radius 2 is 2.00 bits per heavy atom. The van der Waals surface area contributed by atoms with Crippen LogP contribution in [0.5, 0.6) is 0 Å². The van der Waals surface area contributed by atoms with E-state index in [0.29, 0.717) is 0 Å². The summed E-state index contributed by atoms with van der Waals surface area (Å²) in [6.45, 7) is 2.04. The van der Waals surface area contributed by atoms with E-state index in [0.717, 1.165) is 4.31 Å². The molecule has 0 N–H and O–H groups in total. The Morgan fingerprint density at radius 3 is 2.50 bits per heavy atom. The van der Waals surface area contributed by atoms with Crippen LogP contribution in [0.4, 0.5) is 4.39 Å². The molecule has 0 aliphatic carbocycles. The van der Waals surface area contributed by atoms with Crippen LogP contribution < -0.4 is 0 Å². The number of nitrogens with zero attached hydrogens (tertiary/aromatic N) is 1. The predicted molar refractivity (Wildman–Crippen MR) is 74.6 cm³/mol. The summed E-state index contributed by atoms with van der Waals surface area (Å²) >= 11 is 14.5. The fourth-order valence-electron chi connectivity index (χ4n) is 1.33. The maximum atomic E-state index is 13.5. The van der Waals surface area contributed by atoms with Gasteiger partial charge in [-0.15, -0.1) is 0 Å². The van der Waals surface area contributed by atoms with Crippen LogP contribution in [0.1, 0.15) is 6.92 Å². The fourth-order valence-corrected chi connectivity index (χ4v) is 3.93. The summed E-state index contributed by atoms with van der Waals surface area (Å²) in [6, 6.07) is 2.36. The summed E-state index contributed by atoms with van der Waals surface area (Å²) in [4.78, 5) is -0.324. The first-order valence-electron chi connectivity index (χ1n) is 4.91. The van der Waals surface area contributed by atoms with Crippen molar-refractivity contribution < 1.29 is 12.8 Å². The molecule has 1 atom stereocenters. The first-order chi connectivity index (χ1) is 8.17. The molecule has 102 valence electrons. The molecular formula is C10H11BrCl2FNO2S. The Morgan fingerprint density at radius 1 is 1.44 bits per heavy atom. The normalized spacial score (nSPS) is 13.9. The summed E-state index contributed by atoms with van der Waals surface area (Å²) in [5.74, 6) is -0.931. The third-order valence-corrected chi connectivity index (χ3v) is 5.13. The van der Waals surface area contributed by atoms with Crippen molar-refractivity contribution in [2.75, 3.05) is 13.6 Å².